The summed E-state index contributed by atoms with van der Waals surface area (Å²) in [5, 5.41) is 8.08. The largest absolute Gasteiger partial charge is 0.309 e. The molecule has 0 bridgehead atoms. The number of hydrogen-bond donors (Lipinski definition) is 1. The van der Waals surface area contributed by atoms with Crippen molar-refractivity contribution in [3.05, 3.63) is 18.0 Å². The normalized spacial score (nSPS) is 23.2. The van der Waals surface area contributed by atoms with Crippen LogP contribution in [-0.2, 0) is 7.05 Å². The second-order valence-electron chi connectivity index (χ2n) is 4.07. The minimum absolute atomic E-state index is 0.450. The number of thioether (sulfide) groups is 1. The third kappa shape index (κ3) is 2.55. The van der Waals surface area contributed by atoms with Crippen molar-refractivity contribution < 1.29 is 0 Å². The average Bonchev–Trinajstić information content (AvgIpc) is 2.85. The number of rotatable bonds is 4. The summed E-state index contributed by atoms with van der Waals surface area (Å²) in [6.07, 6.45) is 3.35. The molecule has 1 aromatic heterocycles. The number of hydrogen-bond acceptors (Lipinski definition) is 3. The van der Waals surface area contributed by atoms with E-state index in [1.54, 1.807) is 0 Å². The fraction of sp³-hybridized carbons (Fsp3) is 0.727. The highest BCUT2D eigenvalue weighted by molar-refractivity contribution is 7.99. The third-order valence-electron chi connectivity index (χ3n) is 2.91. The van der Waals surface area contributed by atoms with Gasteiger partial charge in [-0.3, -0.25) is 4.68 Å². The molecule has 1 aromatic rings. The highest BCUT2D eigenvalue weighted by Gasteiger charge is 2.27. The van der Waals surface area contributed by atoms with E-state index in [4.69, 9.17) is 0 Å². The van der Waals surface area contributed by atoms with Crippen LogP contribution < -0.4 is 5.32 Å². The van der Waals surface area contributed by atoms with Crippen molar-refractivity contribution >= 4 is 11.8 Å². The van der Waals surface area contributed by atoms with Gasteiger partial charge in [0.05, 0.1) is 11.7 Å². The van der Waals surface area contributed by atoms with E-state index in [-0.39, 0.29) is 0 Å². The van der Waals surface area contributed by atoms with Crippen LogP contribution in [0.2, 0.25) is 0 Å². The van der Waals surface area contributed by atoms with Crippen LogP contribution >= 0.6 is 11.8 Å². The first kappa shape index (κ1) is 11.0. The van der Waals surface area contributed by atoms with Gasteiger partial charge in [-0.2, -0.15) is 16.9 Å². The molecule has 4 heteroatoms. The fourth-order valence-electron chi connectivity index (χ4n) is 2.15. The molecule has 3 nitrogen and oxygen atoms in total. The Bertz CT molecular complexity index is 305. The summed E-state index contributed by atoms with van der Waals surface area (Å²) < 4.78 is 1.89. The van der Waals surface area contributed by atoms with E-state index in [0.717, 1.165) is 12.5 Å². The number of aryl methyl sites for hydroxylation is 1. The maximum absolute atomic E-state index is 4.52. The van der Waals surface area contributed by atoms with E-state index in [1.807, 2.05) is 17.9 Å². The molecular formula is C11H19N3S. The summed E-state index contributed by atoms with van der Waals surface area (Å²) in [5.74, 6) is 3.33. The minimum atomic E-state index is 0.450. The van der Waals surface area contributed by atoms with Gasteiger partial charge in [0.2, 0.25) is 0 Å². The van der Waals surface area contributed by atoms with Gasteiger partial charge in [-0.05, 0) is 36.5 Å². The topological polar surface area (TPSA) is 29.9 Å². The molecule has 0 aliphatic carbocycles. The molecule has 84 valence electrons. The first-order chi connectivity index (χ1) is 7.31. The molecule has 2 rings (SSSR count). The zero-order valence-electron chi connectivity index (χ0n) is 9.44. The molecule has 1 aliphatic heterocycles. The number of aromatic nitrogens is 2. The van der Waals surface area contributed by atoms with Crippen molar-refractivity contribution in [1.82, 2.24) is 15.1 Å². The Morgan fingerprint density at radius 3 is 3.13 bits per heavy atom. The van der Waals surface area contributed by atoms with Crippen LogP contribution in [0.25, 0.3) is 0 Å². The lowest BCUT2D eigenvalue weighted by molar-refractivity contribution is 0.390. The van der Waals surface area contributed by atoms with Gasteiger partial charge < -0.3 is 5.32 Å². The number of nitrogens with zero attached hydrogens (tertiary/aromatic N) is 2. The van der Waals surface area contributed by atoms with E-state index in [0.29, 0.717) is 6.04 Å². The lowest BCUT2D eigenvalue weighted by Crippen LogP contribution is -2.28. The van der Waals surface area contributed by atoms with E-state index in [9.17, 15) is 0 Å². The Balaban J connectivity index is 2.11. The molecule has 15 heavy (non-hydrogen) atoms. The van der Waals surface area contributed by atoms with Gasteiger partial charge in [-0.15, -0.1) is 0 Å². The quantitative estimate of drug-likeness (QED) is 0.848. The van der Waals surface area contributed by atoms with Gasteiger partial charge >= 0.3 is 0 Å². The summed E-state index contributed by atoms with van der Waals surface area (Å²) in [4.78, 5) is 0. The Kier molecular flexibility index (Phi) is 3.70. The van der Waals surface area contributed by atoms with Crippen molar-refractivity contribution in [2.45, 2.75) is 19.4 Å². The summed E-state index contributed by atoms with van der Waals surface area (Å²) in [6, 6.07) is 2.59. The van der Waals surface area contributed by atoms with Crippen molar-refractivity contribution in [2.24, 2.45) is 13.0 Å². The molecule has 1 fully saturated rings. The summed E-state index contributed by atoms with van der Waals surface area (Å²) in [6.45, 7) is 3.18. The highest BCUT2D eigenvalue weighted by atomic mass is 32.2. The standard InChI is InChI=1S/C11H19N3S/c1-3-12-11(9-5-7-15-8-9)10-4-6-14(2)13-10/h4,6,9,11-12H,3,5,7-8H2,1-2H3. The Hall–Kier alpha value is -0.480. The Labute approximate surface area is 95.6 Å². The molecule has 0 radical (unpaired) electrons. The Morgan fingerprint density at radius 1 is 1.73 bits per heavy atom. The average molecular weight is 225 g/mol. The van der Waals surface area contributed by atoms with Crippen LogP contribution in [0.1, 0.15) is 25.1 Å². The molecule has 1 aliphatic rings. The zero-order valence-corrected chi connectivity index (χ0v) is 10.3. The van der Waals surface area contributed by atoms with Gasteiger partial charge in [0.1, 0.15) is 0 Å². The van der Waals surface area contributed by atoms with Gasteiger partial charge in [-0.25, -0.2) is 0 Å². The van der Waals surface area contributed by atoms with Gasteiger partial charge in [0.15, 0.2) is 0 Å². The second-order valence-corrected chi connectivity index (χ2v) is 5.22. The van der Waals surface area contributed by atoms with E-state index in [1.165, 1.54) is 23.6 Å². The molecule has 0 amide bonds. The van der Waals surface area contributed by atoms with Crippen molar-refractivity contribution in [3.8, 4) is 0 Å². The van der Waals surface area contributed by atoms with Crippen LogP contribution in [0.15, 0.2) is 12.3 Å². The van der Waals surface area contributed by atoms with Crippen molar-refractivity contribution in [2.75, 3.05) is 18.1 Å². The van der Waals surface area contributed by atoms with E-state index < -0.39 is 0 Å². The predicted octanol–water partition coefficient (Wildman–Crippen LogP) is 1.82. The molecular weight excluding hydrogens is 206 g/mol. The molecule has 0 saturated carbocycles. The summed E-state index contributed by atoms with van der Waals surface area (Å²) in [5.41, 5.74) is 1.20. The lowest BCUT2D eigenvalue weighted by atomic mass is 9.96. The van der Waals surface area contributed by atoms with Gasteiger partial charge in [0, 0.05) is 13.2 Å². The van der Waals surface area contributed by atoms with Gasteiger partial charge in [0.25, 0.3) is 0 Å². The van der Waals surface area contributed by atoms with Crippen molar-refractivity contribution in [3.63, 3.8) is 0 Å². The maximum Gasteiger partial charge on any atom is 0.0796 e. The highest BCUT2D eigenvalue weighted by Crippen LogP contribution is 2.33. The first-order valence-corrected chi connectivity index (χ1v) is 6.77. The minimum Gasteiger partial charge on any atom is -0.309 e. The Morgan fingerprint density at radius 2 is 2.60 bits per heavy atom. The predicted molar refractivity (Wildman–Crippen MR) is 65.1 cm³/mol. The van der Waals surface area contributed by atoms with E-state index in [2.05, 4.69) is 35.2 Å². The summed E-state index contributed by atoms with van der Waals surface area (Å²) in [7, 11) is 1.98. The van der Waals surface area contributed by atoms with Crippen molar-refractivity contribution in [1.29, 1.82) is 0 Å². The monoisotopic (exact) mass is 225 g/mol. The molecule has 1 N–H and O–H groups in total. The van der Waals surface area contributed by atoms with Crippen LogP contribution in [0, 0.1) is 5.92 Å². The van der Waals surface area contributed by atoms with Gasteiger partial charge in [-0.1, -0.05) is 6.92 Å². The number of nitrogens with one attached hydrogen (secondary N) is 1. The molecule has 2 unspecified atom stereocenters. The second kappa shape index (κ2) is 5.03. The molecule has 0 aromatic carbocycles. The fourth-order valence-corrected chi connectivity index (χ4v) is 3.45. The SMILES string of the molecule is CCNC(c1ccn(C)n1)C1CCSC1. The molecule has 1 saturated heterocycles. The van der Waals surface area contributed by atoms with Crippen LogP contribution in [-0.4, -0.2) is 27.8 Å². The third-order valence-corrected chi connectivity index (χ3v) is 4.10. The zero-order chi connectivity index (χ0) is 10.7. The molecule has 2 heterocycles. The molecule has 0 spiro atoms. The summed E-state index contributed by atoms with van der Waals surface area (Å²) >= 11 is 2.06. The lowest BCUT2D eigenvalue weighted by Gasteiger charge is -2.21. The first-order valence-electron chi connectivity index (χ1n) is 5.62. The van der Waals surface area contributed by atoms with E-state index >= 15 is 0 Å². The smallest absolute Gasteiger partial charge is 0.0796 e. The maximum atomic E-state index is 4.52. The van der Waals surface area contributed by atoms with Crippen LogP contribution in [0.3, 0.4) is 0 Å². The van der Waals surface area contributed by atoms with Crippen LogP contribution in [0.5, 0.6) is 0 Å². The molecule has 2 atom stereocenters. The van der Waals surface area contributed by atoms with Crippen LogP contribution in [0.4, 0.5) is 0 Å².